The van der Waals surface area contributed by atoms with E-state index < -0.39 is 4.92 Å². The quantitative estimate of drug-likeness (QED) is 0.472. The molecule has 0 radical (unpaired) electrons. The first kappa shape index (κ1) is 9.71. The Kier molecular flexibility index (Phi) is 1.85. The van der Waals surface area contributed by atoms with E-state index in [4.69, 9.17) is 0 Å². The molecule has 0 fully saturated rings. The highest BCUT2D eigenvalue weighted by Gasteiger charge is 2.10. The topological polar surface area (TPSA) is 73.3 Å². The van der Waals surface area contributed by atoms with Crippen molar-refractivity contribution >= 4 is 22.2 Å². The summed E-state index contributed by atoms with van der Waals surface area (Å²) < 4.78 is 1.81. The second-order valence-electron chi connectivity index (χ2n) is 3.85. The Hall–Kier alpha value is -2.50. The van der Waals surface area contributed by atoms with Gasteiger partial charge in [0.05, 0.1) is 10.4 Å². The third-order valence-corrected chi connectivity index (χ3v) is 2.80. The number of nitro groups is 1. The molecule has 0 spiro atoms. The molecule has 0 unspecified atom stereocenters. The summed E-state index contributed by atoms with van der Waals surface area (Å²) in [6.07, 6.45) is 1.60. The van der Waals surface area contributed by atoms with Gasteiger partial charge < -0.3 is 0 Å². The van der Waals surface area contributed by atoms with Gasteiger partial charge in [-0.1, -0.05) is 0 Å². The summed E-state index contributed by atoms with van der Waals surface area (Å²) >= 11 is 0. The Morgan fingerprint density at radius 1 is 1.35 bits per heavy atom. The van der Waals surface area contributed by atoms with E-state index in [0.29, 0.717) is 0 Å². The lowest BCUT2D eigenvalue weighted by Crippen LogP contribution is -1.93. The Labute approximate surface area is 95.7 Å². The number of rotatable bonds is 1. The van der Waals surface area contributed by atoms with Crippen molar-refractivity contribution in [3.63, 3.8) is 0 Å². The number of pyridine rings is 1. The van der Waals surface area contributed by atoms with Gasteiger partial charge in [0.1, 0.15) is 6.33 Å². The normalized spacial score (nSPS) is 11.1. The minimum Gasteiger partial charge on any atom is -0.281 e. The van der Waals surface area contributed by atoms with Crippen molar-refractivity contribution in [1.82, 2.24) is 14.6 Å². The van der Waals surface area contributed by atoms with Crippen LogP contribution >= 0.6 is 0 Å². The van der Waals surface area contributed by atoms with Gasteiger partial charge >= 0.3 is 0 Å². The maximum atomic E-state index is 10.7. The van der Waals surface area contributed by atoms with E-state index in [-0.39, 0.29) is 5.69 Å². The molecule has 0 N–H and O–H groups in total. The van der Waals surface area contributed by atoms with E-state index in [1.165, 1.54) is 6.07 Å². The van der Waals surface area contributed by atoms with Crippen LogP contribution in [0.5, 0.6) is 0 Å². The average molecular weight is 228 g/mol. The number of aromatic nitrogens is 3. The molecule has 2 aromatic heterocycles. The zero-order chi connectivity index (χ0) is 12.0. The largest absolute Gasteiger partial charge is 0.281 e. The van der Waals surface area contributed by atoms with Crippen LogP contribution in [0.3, 0.4) is 0 Å². The maximum Gasteiger partial charge on any atom is 0.270 e. The van der Waals surface area contributed by atoms with Crippen molar-refractivity contribution in [2.45, 2.75) is 6.92 Å². The van der Waals surface area contributed by atoms with Gasteiger partial charge in [-0.05, 0) is 24.6 Å². The van der Waals surface area contributed by atoms with Crippen LogP contribution in [0, 0.1) is 17.0 Å². The highest BCUT2D eigenvalue weighted by atomic mass is 16.6. The first-order valence-electron chi connectivity index (χ1n) is 5.04. The number of aryl methyl sites for hydroxylation is 1. The molecular weight excluding hydrogens is 220 g/mol. The number of nitrogens with zero attached hydrogens (tertiary/aromatic N) is 4. The molecule has 0 atom stereocenters. The third kappa shape index (κ3) is 1.34. The summed E-state index contributed by atoms with van der Waals surface area (Å²) in [4.78, 5) is 10.3. The zero-order valence-electron chi connectivity index (χ0n) is 8.99. The second-order valence-corrected chi connectivity index (χ2v) is 3.85. The molecule has 84 valence electrons. The molecule has 3 aromatic rings. The molecule has 0 aliphatic heterocycles. The van der Waals surface area contributed by atoms with Gasteiger partial charge in [0.2, 0.25) is 0 Å². The molecule has 17 heavy (non-hydrogen) atoms. The van der Waals surface area contributed by atoms with Crippen LogP contribution in [0.1, 0.15) is 5.56 Å². The number of benzene rings is 1. The fourth-order valence-corrected chi connectivity index (χ4v) is 1.96. The summed E-state index contributed by atoms with van der Waals surface area (Å²) in [5.74, 6) is 0. The maximum absolute atomic E-state index is 10.7. The molecule has 3 rings (SSSR count). The summed E-state index contributed by atoms with van der Waals surface area (Å²) in [6, 6.07) is 6.64. The number of nitro benzene ring substituents is 1. The smallest absolute Gasteiger partial charge is 0.270 e. The molecule has 0 aliphatic rings. The zero-order valence-corrected chi connectivity index (χ0v) is 8.99. The fourth-order valence-electron chi connectivity index (χ4n) is 1.96. The molecule has 0 aliphatic carbocycles. The van der Waals surface area contributed by atoms with Gasteiger partial charge in [0, 0.05) is 17.5 Å². The van der Waals surface area contributed by atoms with Crippen LogP contribution in [-0.2, 0) is 0 Å². The van der Waals surface area contributed by atoms with Gasteiger partial charge in [0.15, 0.2) is 5.65 Å². The molecule has 1 aromatic carbocycles. The second kappa shape index (κ2) is 3.24. The molecule has 6 nitrogen and oxygen atoms in total. The molecular formula is C11H8N4O2. The first-order chi connectivity index (χ1) is 8.16. The first-order valence-corrected chi connectivity index (χ1v) is 5.04. The van der Waals surface area contributed by atoms with Gasteiger partial charge in [-0.3, -0.25) is 14.5 Å². The SMILES string of the molecule is Cc1cc2nncn2c2ccc([N+](=O)[O-])cc12. The monoisotopic (exact) mass is 228 g/mol. The Bertz CT molecular complexity index is 748. The molecule has 0 saturated carbocycles. The Balaban J connectivity index is 2.47. The lowest BCUT2D eigenvalue weighted by Gasteiger charge is -2.04. The Morgan fingerprint density at radius 2 is 2.18 bits per heavy atom. The summed E-state index contributed by atoms with van der Waals surface area (Å²) in [5, 5.41) is 19.4. The van der Waals surface area contributed by atoms with Gasteiger partial charge in [0.25, 0.3) is 5.69 Å². The van der Waals surface area contributed by atoms with Crippen molar-refractivity contribution < 1.29 is 4.92 Å². The summed E-state index contributed by atoms with van der Waals surface area (Å²) in [7, 11) is 0. The number of hydrogen-bond donors (Lipinski definition) is 0. The standard InChI is InChI=1S/C11H8N4O2/c1-7-4-11-13-12-6-14(11)10-3-2-8(15(16)17)5-9(7)10/h2-6H,1H3. The van der Waals surface area contributed by atoms with E-state index in [9.17, 15) is 10.1 Å². The van der Waals surface area contributed by atoms with Crippen LogP contribution < -0.4 is 0 Å². The predicted molar refractivity (Wildman–Crippen MR) is 61.9 cm³/mol. The highest BCUT2D eigenvalue weighted by molar-refractivity contribution is 5.87. The summed E-state index contributed by atoms with van der Waals surface area (Å²) in [6.45, 7) is 1.90. The van der Waals surface area contributed by atoms with Crippen molar-refractivity contribution in [3.8, 4) is 0 Å². The number of non-ortho nitro benzene ring substituents is 1. The minimum atomic E-state index is -0.394. The van der Waals surface area contributed by atoms with Crippen molar-refractivity contribution in [1.29, 1.82) is 0 Å². The molecule has 6 heteroatoms. The van der Waals surface area contributed by atoms with Crippen LogP contribution in [0.4, 0.5) is 5.69 Å². The van der Waals surface area contributed by atoms with Crippen LogP contribution in [0.2, 0.25) is 0 Å². The fraction of sp³-hybridized carbons (Fsp3) is 0.0909. The molecule has 0 amide bonds. The Morgan fingerprint density at radius 3 is 2.94 bits per heavy atom. The molecule has 0 saturated heterocycles. The van der Waals surface area contributed by atoms with E-state index >= 15 is 0 Å². The van der Waals surface area contributed by atoms with Gasteiger partial charge in [-0.25, -0.2) is 0 Å². The third-order valence-electron chi connectivity index (χ3n) is 2.80. The van der Waals surface area contributed by atoms with Gasteiger partial charge in [-0.15, -0.1) is 10.2 Å². The number of hydrogen-bond acceptors (Lipinski definition) is 4. The van der Waals surface area contributed by atoms with Crippen LogP contribution in [-0.4, -0.2) is 19.5 Å². The van der Waals surface area contributed by atoms with Crippen LogP contribution in [0.15, 0.2) is 30.6 Å². The van der Waals surface area contributed by atoms with Gasteiger partial charge in [-0.2, -0.15) is 0 Å². The lowest BCUT2D eigenvalue weighted by molar-refractivity contribution is -0.384. The average Bonchev–Trinajstić information content (AvgIpc) is 2.76. The van der Waals surface area contributed by atoms with Crippen molar-refractivity contribution in [2.24, 2.45) is 0 Å². The minimum absolute atomic E-state index is 0.0908. The molecule has 2 heterocycles. The van der Waals surface area contributed by atoms with E-state index in [1.54, 1.807) is 18.5 Å². The molecule has 0 bridgehead atoms. The van der Waals surface area contributed by atoms with E-state index in [0.717, 1.165) is 22.1 Å². The van der Waals surface area contributed by atoms with Crippen molar-refractivity contribution in [2.75, 3.05) is 0 Å². The van der Waals surface area contributed by atoms with Crippen molar-refractivity contribution in [3.05, 3.63) is 46.3 Å². The predicted octanol–water partition coefficient (Wildman–Crippen LogP) is 2.10. The van der Waals surface area contributed by atoms with Crippen LogP contribution in [0.25, 0.3) is 16.6 Å². The summed E-state index contributed by atoms with van der Waals surface area (Å²) in [5.41, 5.74) is 2.65. The number of fused-ring (bicyclic) bond motifs is 3. The highest BCUT2D eigenvalue weighted by Crippen LogP contribution is 2.24. The lowest BCUT2D eigenvalue weighted by atomic mass is 10.1. The van der Waals surface area contributed by atoms with E-state index in [1.807, 2.05) is 17.4 Å². The van der Waals surface area contributed by atoms with E-state index in [2.05, 4.69) is 10.2 Å².